The second-order valence-electron chi connectivity index (χ2n) is 6.22. The molecule has 4 rings (SSSR count). The maximum absolute atomic E-state index is 9.82. The largest absolute Gasteiger partial charge is 0.497 e. The highest BCUT2D eigenvalue weighted by Gasteiger charge is 2.37. The van der Waals surface area contributed by atoms with Crippen molar-refractivity contribution in [2.45, 2.75) is 5.92 Å². The van der Waals surface area contributed by atoms with Gasteiger partial charge in [0.05, 0.1) is 31.4 Å². The zero-order chi connectivity index (χ0) is 19.7. The quantitative estimate of drug-likeness (QED) is 0.726. The van der Waals surface area contributed by atoms with E-state index in [-0.39, 0.29) is 5.88 Å². The number of benzene rings is 2. The van der Waals surface area contributed by atoms with Crippen LogP contribution in [0, 0.1) is 11.3 Å². The van der Waals surface area contributed by atoms with Gasteiger partial charge in [-0.25, -0.2) is 0 Å². The Hall–Kier alpha value is -3.92. The van der Waals surface area contributed by atoms with Gasteiger partial charge in [0, 0.05) is 11.6 Å². The van der Waals surface area contributed by atoms with Crippen molar-refractivity contribution in [2.75, 3.05) is 14.2 Å². The van der Waals surface area contributed by atoms with E-state index in [9.17, 15) is 5.26 Å². The van der Waals surface area contributed by atoms with E-state index in [2.05, 4.69) is 16.3 Å². The molecule has 0 aliphatic carbocycles. The molecule has 3 aromatic rings. The third-order valence-corrected chi connectivity index (χ3v) is 4.75. The molecule has 2 heterocycles. The Balaban J connectivity index is 1.97. The summed E-state index contributed by atoms with van der Waals surface area (Å²) in [7, 11) is 3.16. The normalized spacial score (nSPS) is 15.4. The number of nitrogens with zero attached hydrogens (tertiary/aromatic N) is 2. The number of methoxy groups -OCH3 is 2. The molecule has 2 aromatic carbocycles. The van der Waals surface area contributed by atoms with Crippen molar-refractivity contribution in [3.05, 3.63) is 71.1 Å². The van der Waals surface area contributed by atoms with Crippen LogP contribution in [0.5, 0.6) is 17.4 Å². The number of allylic oxidation sites excluding steroid dienone is 1. The maximum atomic E-state index is 9.82. The Morgan fingerprint density at radius 1 is 1.14 bits per heavy atom. The average molecular weight is 374 g/mol. The molecule has 28 heavy (non-hydrogen) atoms. The van der Waals surface area contributed by atoms with Gasteiger partial charge in [0.15, 0.2) is 0 Å². The SMILES string of the molecule is COc1ccc(C2C(C#N)=C(N)Oc3n[nH]c(-c4ccccc4)c32)c(OC)c1. The zero-order valence-electron chi connectivity index (χ0n) is 15.4. The van der Waals surface area contributed by atoms with Crippen molar-refractivity contribution < 1.29 is 14.2 Å². The van der Waals surface area contributed by atoms with Gasteiger partial charge in [-0.1, -0.05) is 36.4 Å². The van der Waals surface area contributed by atoms with Gasteiger partial charge in [-0.2, -0.15) is 5.26 Å². The molecule has 0 amide bonds. The number of ether oxygens (including phenoxy) is 3. The van der Waals surface area contributed by atoms with Crippen molar-refractivity contribution in [3.8, 4) is 34.7 Å². The Labute approximate surface area is 162 Å². The standard InChI is InChI=1S/C21H18N4O3/c1-26-13-8-9-14(16(10-13)27-2)17-15(11-22)20(23)28-21-18(17)19(24-25-21)12-6-4-3-5-7-12/h3-10,17H,23H2,1-2H3,(H,24,25). The van der Waals surface area contributed by atoms with Crippen molar-refractivity contribution >= 4 is 0 Å². The lowest BCUT2D eigenvalue weighted by molar-refractivity contribution is 0.373. The predicted molar refractivity (Wildman–Crippen MR) is 103 cm³/mol. The number of rotatable bonds is 4. The zero-order valence-corrected chi connectivity index (χ0v) is 15.4. The van der Waals surface area contributed by atoms with Crippen LogP contribution in [0.15, 0.2) is 60.0 Å². The van der Waals surface area contributed by atoms with Crippen LogP contribution in [-0.4, -0.2) is 24.4 Å². The molecule has 1 atom stereocenters. The lowest BCUT2D eigenvalue weighted by Crippen LogP contribution is -2.21. The van der Waals surface area contributed by atoms with Gasteiger partial charge in [-0.15, -0.1) is 5.10 Å². The van der Waals surface area contributed by atoms with Crippen LogP contribution in [0.4, 0.5) is 0 Å². The number of hydrogen-bond donors (Lipinski definition) is 2. The molecular weight excluding hydrogens is 356 g/mol. The topological polar surface area (TPSA) is 106 Å². The lowest BCUT2D eigenvalue weighted by Gasteiger charge is -2.25. The van der Waals surface area contributed by atoms with Crippen molar-refractivity contribution in [1.29, 1.82) is 5.26 Å². The molecule has 0 radical (unpaired) electrons. The first-order chi connectivity index (χ1) is 13.7. The lowest BCUT2D eigenvalue weighted by atomic mass is 9.82. The van der Waals surface area contributed by atoms with Crippen molar-refractivity contribution in [2.24, 2.45) is 5.73 Å². The van der Waals surface area contributed by atoms with Gasteiger partial charge in [0.1, 0.15) is 23.1 Å². The fraction of sp³-hybridized carbons (Fsp3) is 0.143. The van der Waals surface area contributed by atoms with Crippen LogP contribution < -0.4 is 19.9 Å². The number of aromatic amines is 1. The van der Waals surface area contributed by atoms with Crippen LogP contribution in [0.1, 0.15) is 17.0 Å². The molecule has 3 N–H and O–H groups in total. The number of aromatic nitrogens is 2. The Bertz CT molecular complexity index is 1100. The molecule has 1 aliphatic rings. The van der Waals surface area contributed by atoms with Gasteiger partial charge in [-0.3, -0.25) is 5.10 Å². The van der Waals surface area contributed by atoms with E-state index >= 15 is 0 Å². The van der Waals surface area contributed by atoms with Gasteiger partial charge in [-0.05, 0) is 11.6 Å². The molecule has 140 valence electrons. The summed E-state index contributed by atoms with van der Waals surface area (Å²) in [6, 6.07) is 17.4. The van der Waals surface area contributed by atoms with Crippen LogP contribution in [-0.2, 0) is 0 Å². The van der Waals surface area contributed by atoms with Crippen LogP contribution in [0.2, 0.25) is 0 Å². The molecule has 0 bridgehead atoms. The second kappa shape index (κ2) is 7.00. The first kappa shape index (κ1) is 17.5. The first-order valence-corrected chi connectivity index (χ1v) is 8.61. The molecular formula is C21H18N4O3. The molecule has 0 saturated carbocycles. The molecule has 1 aromatic heterocycles. The molecule has 0 fully saturated rings. The molecule has 0 saturated heterocycles. The van der Waals surface area contributed by atoms with E-state index in [1.807, 2.05) is 42.5 Å². The summed E-state index contributed by atoms with van der Waals surface area (Å²) in [6.45, 7) is 0. The predicted octanol–water partition coefficient (Wildman–Crippen LogP) is 3.31. The molecule has 0 spiro atoms. The summed E-state index contributed by atoms with van der Waals surface area (Å²) >= 11 is 0. The maximum Gasteiger partial charge on any atom is 0.244 e. The van der Waals surface area contributed by atoms with Gasteiger partial charge in [0.2, 0.25) is 11.8 Å². The van der Waals surface area contributed by atoms with Crippen LogP contribution >= 0.6 is 0 Å². The summed E-state index contributed by atoms with van der Waals surface area (Å²) in [6.07, 6.45) is 0. The summed E-state index contributed by atoms with van der Waals surface area (Å²) < 4.78 is 16.5. The molecule has 1 unspecified atom stereocenters. The first-order valence-electron chi connectivity index (χ1n) is 8.61. The minimum Gasteiger partial charge on any atom is -0.497 e. The van der Waals surface area contributed by atoms with E-state index < -0.39 is 5.92 Å². The number of nitriles is 1. The average Bonchev–Trinajstić information content (AvgIpc) is 3.16. The number of hydrogen-bond acceptors (Lipinski definition) is 6. The third kappa shape index (κ3) is 2.72. The highest BCUT2D eigenvalue weighted by molar-refractivity contribution is 5.71. The van der Waals surface area contributed by atoms with Gasteiger partial charge in [0.25, 0.3) is 0 Å². The van der Waals surface area contributed by atoms with E-state index in [4.69, 9.17) is 19.9 Å². The highest BCUT2D eigenvalue weighted by Crippen LogP contribution is 2.48. The van der Waals surface area contributed by atoms with Crippen molar-refractivity contribution in [3.63, 3.8) is 0 Å². The number of nitrogens with two attached hydrogens (primary N) is 1. The van der Waals surface area contributed by atoms with E-state index in [0.717, 1.165) is 22.4 Å². The monoisotopic (exact) mass is 374 g/mol. The molecule has 1 aliphatic heterocycles. The van der Waals surface area contributed by atoms with Crippen LogP contribution in [0.3, 0.4) is 0 Å². The number of nitrogens with one attached hydrogen (secondary N) is 1. The Kier molecular flexibility index (Phi) is 4.38. The summed E-state index contributed by atoms with van der Waals surface area (Å²) in [4.78, 5) is 0. The Morgan fingerprint density at radius 3 is 2.61 bits per heavy atom. The van der Waals surface area contributed by atoms with Gasteiger partial charge < -0.3 is 19.9 Å². The van der Waals surface area contributed by atoms with Crippen molar-refractivity contribution in [1.82, 2.24) is 10.2 Å². The smallest absolute Gasteiger partial charge is 0.244 e. The summed E-state index contributed by atoms with van der Waals surface area (Å²) in [5.41, 5.74) is 9.54. The van der Waals surface area contributed by atoms with E-state index in [1.54, 1.807) is 20.3 Å². The Morgan fingerprint density at radius 2 is 1.93 bits per heavy atom. The molecule has 7 nitrogen and oxygen atoms in total. The second-order valence-corrected chi connectivity index (χ2v) is 6.22. The molecule has 7 heteroatoms. The summed E-state index contributed by atoms with van der Waals surface area (Å²) in [5, 5.41) is 17.1. The van der Waals surface area contributed by atoms with E-state index in [1.165, 1.54) is 0 Å². The van der Waals surface area contributed by atoms with Crippen LogP contribution in [0.25, 0.3) is 11.3 Å². The third-order valence-electron chi connectivity index (χ3n) is 4.75. The van der Waals surface area contributed by atoms with E-state index in [0.29, 0.717) is 23.0 Å². The fourth-order valence-electron chi connectivity index (χ4n) is 3.44. The highest BCUT2D eigenvalue weighted by atomic mass is 16.5. The fourth-order valence-corrected chi connectivity index (χ4v) is 3.44. The minimum absolute atomic E-state index is 0.0315. The number of fused-ring (bicyclic) bond motifs is 1. The summed E-state index contributed by atoms with van der Waals surface area (Å²) in [5.74, 6) is 1.11. The van der Waals surface area contributed by atoms with Gasteiger partial charge >= 0.3 is 0 Å². The number of H-pyrrole nitrogens is 1. The minimum atomic E-state index is -0.497.